The van der Waals surface area contributed by atoms with Crippen LogP contribution in [0.15, 0.2) is 47.4 Å². The Morgan fingerprint density at radius 3 is 2.36 bits per heavy atom. The van der Waals surface area contributed by atoms with Gasteiger partial charge in [0.05, 0.1) is 24.3 Å². The molecule has 1 aliphatic rings. The van der Waals surface area contributed by atoms with Crippen molar-refractivity contribution in [3.63, 3.8) is 0 Å². The number of amides is 1. The molecule has 33 heavy (non-hydrogen) atoms. The molecule has 2 unspecified atom stereocenters. The van der Waals surface area contributed by atoms with Gasteiger partial charge in [0.15, 0.2) is 0 Å². The fraction of sp³-hybridized carbons (Fsp3) is 0.435. The fourth-order valence-corrected chi connectivity index (χ4v) is 5.27. The van der Waals surface area contributed by atoms with Gasteiger partial charge in [-0.3, -0.25) is 14.5 Å². The van der Waals surface area contributed by atoms with Crippen LogP contribution in [-0.2, 0) is 32.7 Å². The maximum Gasteiger partial charge on any atom is 0.266 e. The molecule has 1 N–H and O–H groups in total. The highest BCUT2D eigenvalue weighted by atomic mass is 35.5. The summed E-state index contributed by atoms with van der Waals surface area (Å²) in [4.78, 5) is 19.6. The predicted octanol–water partition coefficient (Wildman–Crippen LogP) is 3.06. The van der Waals surface area contributed by atoms with Gasteiger partial charge in [-0.15, -0.1) is 0 Å². The number of nitrogens with zero attached hydrogens (tertiary/aromatic N) is 2. The van der Waals surface area contributed by atoms with Gasteiger partial charge in [-0.1, -0.05) is 40.3 Å². The molecule has 2 atom stereocenters. The summed E-state index contributed by atoms with van der Waals surface area (Å²) in [5, 5.41) is 2.83. The van der Waals surface area contributed by atoms with E-state index in [0.29, 0.717) is 11.0 Å². The van der Waals surface area contributed by atoms with Crippen LogP contribution in [0.25, 0.3) is 0 Å². The van der Waals surface area contributed by atoms with E-state index in [1.54, 1.807) is 0 Å². The maximum absolute atomic E-state index is 12.6. The van der Waals surface area contributed by atoms with Crippen molar-refractivity contribution in [1.82, 2.24) is 14.7 Å². The van der Waals surface area contributed by atoms with Gasteiger partial charge >= 0.3 is 0 Å². The van der Waals surface area contributed by atoms with Gasteiger partial charge < -0.3 is 10.1 Å². The second-order valence-electron chi connectivity index (χ2n) is 8.19. The number of carbonyl (C=O) groups excluding carboxylic acids is 1. The van der Waals surface area contributed by atoms with Crippen LogP contribution in [0, 0.1) is 0 Å². The average Bonchev–Trinajstić information content (AvgIpc) is 2.77. The third kappa shape index (κ3) is 6.53. The summed E-state index contributed by atoms with van der Waals surface area (Å²) in [6, 6.07) is 12.2. The van der Waals surface area contributed by atoms with E-state index in [1.165, 1.54) is 37.9 Å². The lowest BCUT2D eigenvalue weighted by Gasteiger charge is -2.35. The Balaban J connectivity index is 1.61. The first-order valence-corrected chi connectivity index (χ1v) is 12.5. The molecule has 0 aliphatic carbocycles. The van der Waals surface area contributed by atoms with E-state index in [1.807, 2.05) is 12.1 Å². The quantitative estimate of drug-likeness (QED) is 0.566. The summed E-state index contributed by atoms with van der Waals surface area (Å²) in [6.45, 7) is 7.14. The normalized spacial score (nSPS) is 19.6. The smallest absolute Gasteiger partial charge is 0.266 e. The molecule has 10 heteroatoms. The van der Waals surface area contributed by atoms with Crippen LogP contribution in [0.1, 0.15) is 35.3 Å². The SMILES string of the molecule is CON(C)S(=O)(=O)c1cc(C(=O)NCc2ccc(CN3CC(C)OC(C)C3)cc2)ccc1Cl. The highest BCUT2D eigenvalue weighted by molar-refractivity contribution is 7.89. The molecule has 1 heterocycles. The van der Waals surface area contributed by atoms with Crippen LogP contribution in [0.5, 0.6) is 0 Å². The molecule has 1 amide bonds. The summed E-state index contributed by atoms with van der Waals surface area (Å²) in [5.41, 5.74) is 2.33. The van der Waals surface area contributed by atoms with Crippen molar-refractivity contribution in [2.75, 3.05) is 27.2 Å². The molecular formula is C23H30ClN3O5S. The number of sulfonamides is 1. The van der Waals surface area contributed by atoms with Gasteiger partial charge in [-0.05, 0) is 43.2 Å². The summed E-state index contributed by atoms with van der Waals surface area (Å²) < 4.78 is 31.5. The van der Waals surface area contributed by atoms with Crippen molar-refractivity contribution in [1.29, 1.82) is 0 Å². The first kappa shape index (κ1) is 25.6. The first-order valence-electron chi connectivity index (χ1n) is 10.7. The van der Waals surface area contributed by atoms with Gasteiger partial charge in [0, 0.05) is 38.8 Å². The van der Waals surface area contributed by atoms with Crippen LogP contribution in [-0.4, -0.2) is 63.1 Å². The molecule has 2 aromatic carbocycles. The highest BCUT2D eigenvalue weighted by Crippen LogP contribution is 2.25. The van der Waals surface area contributed by atoms with Gasteiger partial charge in [0.25, 0.3) is 15.9 Å². The lowest BCUT2D eigenvalue weighted by molar-refractivity contribution is -0.0704. The van der Waals surface area contributed by atoms with E-state index >= 15 is 0 Å². The summed E-state index contributed by atoms with van der Waals surface area (Å²) in [7, 11) is -1.50. The van der Waals surface area contributed by atoms with E-state index in [0.717, 1.165) is 25.2 Å². The Hall–Kier alpha value is -2.01. The molecule has 2 aromatic rings. The third-order valence-corrected chi connectivity index (χ3v) is 7.61. The molecule has 0 bridgehead atoms. The first-order chi connectivity index (χ1) is 15.6. The minimum atomic E-state index is -3.98. The molecule has 8 nitrogen and oxygen atoms in total. The van der Waals surface area contributed by atoms with Crippen molar-refractivity contribution in [3.8, 4) is 0 Å². The lowest BCUT2D eigenvalue weighted by atomic mass is 10.1. The Bertz CT molecular complexity index is 1070. The van der Waals surface area contributed by atoms with Gasteiger partial charge in [-0.25, -0.2) is 8.42 Å². The zero-order chi connectivity index (χ0) is 24.2. The predicted molar refractivity (Wildman–Crippen MR) is 126 cm³/mol. The number of benzene rings is 2. The molecule has 1 saturated heterocycles. The minimum Gasteiger partial charge on any atom is -0.373 e. The Labute approximate surface area is 200 Å². The van der Waals surface area contributed by atoms with Gasteiger partial charge in [0.1, 0.15) is 4.90 Å². The standard InChI is InChI=1S/C23H30ClN3O5S/c1-16-13-27(14-17(2)32-16)15-19-7-5-18(6-8-19)12-25-23(28)20-9-10-21(24)22(11-20)33(29,30)26(3)31-4/h5-11,16-17H,12-15H2,1-4H3,(H,25,28). The average molecular weight is 496 g/mol. The summed E-state index contributed by atoms with van der Waals surface area (Å²) in [5.74, 6) is -0.399. The Kier molecular flexibility index (Phi) is 8.49. The second kappa shape index (κ2) is 10.9. The minimum absolute atomic E-state index is 0.00935. The fourth-order valence-electron chi connectivity index (χ4n) is 3.80. The molecule has 0 aromatic heterocycles. The number of carbonyl (C=O) groups is 1. The molecular weight excluding hydrogens is 466 g/mol. The van der Waals surface area contributed by atoms with E-state index in [4.69, 9.17) is 21.2 Å². The number of rotatable bonds is 8. The number of morpholine rings is 1. The van der Waals surface area contributed by atoms with Crippen LogP contribution in [0.3, 0.4) is 0 Å². The molecule has 3 rings (SSSR count). The van der Waals surface area contributed by atoms with Crippen molar-refractivity contribution in [2.45, 2.75) is 44.0 Å². The topological polar surface area (TPSA) is 88.2 Å². The molecule has 0 radical (unpaired) electrons. The van der Waals surface area contributed by atoms with Crippen molar-refractivity contribution in [3.05, 3.63) is 64.2 Å². The molecule has 0 spiro atoms. The zero-order valence-corrected chi connectivity index (χ0v) is 20.8. The molecule has 1 aliphatic heterocycles. The number of nitrogens with one attached hydrogen (secondary N) is 1. The largest absolute Gasteiger partial charge is 0.373 e. The van der Waals surface area contributed by atoms with Crippen LogP contribution >= 0.6 is 11.6 Å². The third-order valence-electron chi connectivity index (χ3n) is 5.44. The van der Waals surface area contributed by atoms with E-state index in [9.17, 15) is 13.2 Å². The van der Waals surface area contributed by atoms with Crippen LogP contribution in [0.4, 0.5) is 0 Å². The van der Waals surface area contributed by atoms with Crippen molar-refractivity contribution in [2.24, 2.45) is 0 Å². The Morgan fingerprint density at radius 2 is 1.76 bits per heavy atom. The second-order valence-corrected chi connectivity index (χ2v) is 10.5. The highest BCUT2D eigenvalue weighted by Gasteiger charge is 2.25. The van der Waals surface area contributed by atoms with Crippen molar-refractivity contribution >= 4 is 27.5 Å². The van der Waals surface area contributed by atoms with Gasteiger partial charge in [-0.2, -0.15) is 0 Å². The van der Waals surface area contributed by atoms with Crippen LogP contribution in [0.2, 0.25) is 5.02 Å². The monoisotopic (exact) mass is 495 g/mol. The molecule has 0 saturated carbocycles. The van der Waals surface area contributed by atoms with E-state index < -0.39 is 15.9 Å². The van der Waals surface area contributed by atoms with Crippen LogP contribution < -0.4 is 5.32 Å². The lowest BCUT2D eigenvalue weighted by Crippen LogP contribution is -2.44. The van der Waals surface area contributed by atoms with Gasteiger partial charge in [0.2, 0.25) is 0 Å². The zero-order valence-electron chi connectivity index (χ0n) is 19.2. The number of ether oxygens (including phenoxy) is 1. The number of halogens is 1. The van der Waals surface area contributed by atoms with E-state index in [-0.39, 0.29) is 27.7 Å². The number of hydrogen-bond donors (Lipinski definition) is 1. The molecule has 180 valence electrons. The number of hydroxylamine groups is 1. The number of hydrogen-bond acceptors (Lipinski definition) is 6. The Morgan fingerprint density at radius 1 is 1.15 bits per heavy atom. The van der Waals surface area contributed by atoms with E-state index in [2.05, 4.69) is 36.2 Å². The summed E-state index contributed by atoms with van der Waals surface area (Å²) >= 11 is 6.06. The maximum atomic E-state index is 12.6. The summed E-state index contributed by atoms with van der Waals surface area (Å²) in [6.07, 6.45) is 0.447. The van der Waals surface area contributed by atoms with Crippen molar-refractivity contribution < 1.29 is 22.8 Å². The molecule has 1 fully saturated rings.